The predicted molar refractivity (Wildman–Crippen MR) is 250 cm³/mol. The maximum Gasteiger partial charge on any atom is 0.305 e. The third-order valence-corrected chi connectivity index (χ3v) is 11.7. The molecular formula is C52H99NO5. The van der Waals surface area contributed by atoms with E-state index in [-0.39, 0.29) is 18.5 Å². The first-order valence-electron chi connectivity index (χ1n) is 25.6. The van der Waals surface area contributed by atoms with Gasteiger partial charge in [0, 0.05) is 12.8 Å². The van der Waals surface area contributed by atoms with E-state index in [1.165, 1.54) is 173 Å². The number of ether oxygens (including phenoxy) is 1. The molecule has 2 unspecified atom stereocenters. The number of hydrogen-bond acceptors (Lipinski definition) is 5. The van der Waals surface area contributed by atoms with Crippen molar-refractivity contribution in [3.63, 3.8) is 0 Å². The molecular weight excluding hydrogens is 719 g/mol. The van der Waals surface area contributed by atoms with Gasteiger partial charge in [0.1, 0.15) is 0 Å². The Kier molecular flexibility index (Phi) is 46.6. The van der Waals surface area contributed by atoms with Crippen LogP contribution < -0.4 is 5.32 Å². The number of amides is 1. The molecule has 58 heavy (non-hydrogen) atoms. The van der Waals surface area contributed by atoms with E-state index in [1.807, 2.05) is 0 Å². The van der Waals surface area contributed by atoms with Crippen molar-refractivity contribution in [1.29, 1.82) is 0 Å². The summed E-state index contributed by atoms with van der Waals surface area (Å²) in [5, 5.41) is 23.1. The Hall–Kier alpha value is -1.66. The molecule has 6 nitrogen and oxygen atoms in total. The van der Waals surface area contributed by atoms with Crippen LogP contribution in [0.5, 0.6) is 0 Å². The summed E-state index contributed by atoms with van der Waals surface area (Å²) in [6, 6.07) is -0.552. The lowest BCUT2D eigenvalue weighted by Gasteiger charge is -2.22. The zero-order valence-electron chi connectivity index (χ0n) is 38.8. The normalized spacial score (nSPS) is 12.8. The van der Waals surface area contributed by atoms with Crippen LogP contribution in [0.25, 0.3) is 0 Å². The molecule has 0 heterocycles. The summed E-state index contributed by atoms with van der Waals surface area (Å²) >= 11 is 0. The second-order valence-corrected chi connectivity index (χ2v) is 17.5. The fourth-order valence-corrected chi connectivity index (χ4v) is 7.74. The maximum absolute atomic E-state index is 12.4. The van der Waals surface area contributed by atoms with Crippen LogP contribution in [0, 0.1) is 0 Å². The number of aliphatic hydroxyl groups is 2. The van der Waals surface area contributed by atoms with Crippen LogP contribution in [0.4, 0.5) is 0 Å². The summed E-state index contributed by atoms with van der Waals surface area (Å²) in [6.07, 6.45) is 55.7. The number of unbranched alkanes of at least 4 members (excludes halogenated alkanes) is 32. The Balaban J connectivity index is 3.46. The fraction of sp³-hybridized carbons (Fsp3) is 0.885. The number of nitrogens with one attached hydrogen (secondary N) is 1. The van der Waals surface area contributed by atoms with Gasteiger partial charge >= 0.3 is 5.97 Å². The van der Waals surface area contributed by atoms with Gasteiger partial charge in [-0.15, -0.1) is 0 Å². The molecule has 2 atom stereocenters. The van der Waals surface area contributed by atoms with Crippen molar-refractivity contribution in [3.8, 4) is 0 Å². The molecule has 0 aromatic carbocycles. The Morgan fingerprint density at radius 2 is 0.810 bits per heavy atom. The number of carbonyl (C=O) groups is 2. The quantitative estimate of drug-likeness (QED) is 0.0323. The van der Waals surface area contributed by atoms with Crippen molar-refractivity contribution in [2.45, 2.75) is 283 Å². The molecule has 0 saturated heterocycles. The van der Waals surface area contributed by atoms with Crippen molar-refractivity contribution in [1.82, 2.24) is 5.32 Å². The molecule has 3 N–H and O–H groups in total. The first-order chi connectivity index (χ1) is 28.5. The molecule has 0 aromatic rings. The van der Waals surface area contributed by atoms with Gasteiger partial charge in [0.15, 0.2) is 0 Å². The second kappa shape index (κ2) is 48.0. The molecule has 6 heteroatoms. The van der Waals surface area contributed by atoms with Crippen molar-refractivity contribution in [3.05, 3.63) is 24.3 Å². The van der Waals surface area contributed by atoms with E-state index in [9.17, 15) is 19.8 Å². The average Bonchev–Trinajstić information content (AvgIpc) is 3.22. The zero-order valence-corrected chi connectivity index (χ0v) is 38.8. The van der Waals surface area contributed by atoms with E-state index in [4.69, 9.17) is 4.74 Å². The van der Waals surface area contributed by atoms with Gasteiger partial charge in [-0.2, -0.15) is 0 Å². The maximum atomic E-state index is 12.4. The van der Waals surface area contributed by atoms with Gasteiger partial charge in [-0.3, -0.25) is 9.59 Å². The molecule has 0 radical (unpaired) electrons. The molecule has 0 spiro atoms. The number of allylic oxidation sites excluding steroid dienone is 4. The third-order valence-electron chi connectivity index (χ3n) is 11.7. The van der Waals surface area contributed by atoms with Crippen molar-refractivity contribution < 1.29 is 24.5 Å². The summed E-state index contributed by atoms with van der Waals surface area (Å²) in [4.78, 5) is 24.4. The van der Waals surface area contributed by atoms with E-state index in [0.29, 0.717) is 25.9 Å². The summed E-state index contributed by atoms with van der Waals surface area (Å²) in [5.74, 6) is -0.0656. The van der Waals surface area contributed by atoms with Gasteiger partial charge in [0.25, 0.3) is 0 Å². The van der Waals surface area contributed by atoms with Gasteiger partial charge in [-0.05, 0) is 77.0 Å². The third kappa shape index (κ3) is 43.9. The standard InChI is InChI=1S/C52H99NO5/c1-3-5-7-9-11-13-15-16-22-26-30-34-38-42-46-52(57)58-47-43-39-35-31-27-23-20-18-17-19-21-25-29-33-37-41-45-51(56)53-49(48-54)50(55)44-40-36-32-28-24-14-12-10-8-6-4-2/h15-17,19,49-50,54-55H,3-14,18,20-48H2,1-2H3,(H,53,56)/b16-15-,19-17-. The Morgan fingerprint density at radius 1 is 0.466 bits per heavy atom. The molecule has 0 bridgehead atoms. The molecule has 0 aromatic heterocycles. The summed E-state index contributed by atoms with van der Waals surface area (Å²) in [7, 11) is 0. The lowest BCUT2D eigenvalue weighted by atomic mass is 10.0. The summed E-state index contributed by atoms with van der Waals surface area (Å²) < 4.78 is 5.45. The van der Waals surface area contributed by atoms with Crippen LogP contribution in [-0.4, -0.2) is 47.4 Å². The van der Waals surface area contributed by atoms with Gasteiger partial charge in [0.05, 0.1) is 25.4 Å². The number of hydrogen-bond donors (Lipinski definition) is 3. The van der Waals surface area contributed by atoms with Crippen LogP contribution in [0.15, 0.2) is 24.3 Å². The lowest BCUT2D eigenvalue weighted by Crippen LogP contribution is -2.45. The monoisotopic (exact) mass is 818 g/mol. The van der Waals surface area contributed by atoms with E-state index >= 15 is 0 Å². The predicted octanol–water partition coefficient (Wildman–Crippen LogP) is 15.1. The van der Waals surface area contributed by atoms with E-state index in [1.54, 1.807) is 0 Å². The van der Waals surface area contributed by atoms with E-state index < -0.39 is 12.1 Å². The SMILES string of the molecule is CCCCCCC/C=C\CCCCCCCC(=O)OCCCCCCCCC/C=C\CCCCCCCC(=O)NC(CO)C(O)CCCCCCCCCCCCC. The molecule has 0 aliphatic rings. The minimum atomic E-state index is -0.673. The van der Waals surface area contributed by atoms with Crippen LogP contribution in [0.1, 0.15) is 271 Å². The average molecular weight is 818 g/mol. The lowest BCUT2D eigenvalue weighted by molar-refractivity contribution is -0.143. The van der Waals surface area contributed by atoms with Crippen LogP contribution in [0.3, 0.4) is 0 Å². The number of aliphatic hydroxyl groups excluding tert-OH is 2. The summed E-state index contributed by atoms with van der Waals surface area (Å²) in [5.41, 5.74) is 0. The number of rotatable bonds is 47. The molecule has 0 fully saturated rings. The number of carbonyl (C=O) groups excluding carboxylic acids is 2. The molecule has 0 rings (SSSR count). The smallest absolute Gasteiger partial charge is 0.305 e. The highest BCUT2D eigenvalue weighted by Gasteiger charge is 2.20. The van der Waals surface area contributed by atoms with Gasteiger partial charge < -0.3 is 20.3 Å². The molecule has 0 aliphatic carbocycles. The fourth-order valence-electron chi connectivity index (χ4n) is 7.74. The topological polar surface area (TPSA) is 95.9 Å². The minimum absolute atomic E-state index is 0.0118. The molecule has 1 amide bonds. The zero-order chi connectivity index (χ0) is 42.3. The Labute approximate surface area is 361 Å². The molecule has 0 saturated carbocycles. The molecule has 342 valence electrons. The van der Waals surface area contributed by atoms with Gasteiger partial charge in [0.2, 0.25) is 5.91 Å². The number of esters is 1. The minimum Gasteiger partial charge on any atom is -0.466 e. The van der Waals surface area contributed by atoms with Crippen LogP contribution >= 0.6 is 0 Å². The summed E-state index contributed by atoms with van der Waals surface area (Å²) in [6.45, 7) is 4.90. The van der Waals surface area contributed by atoms with Crippen molar-refractivity contribution in [2.24, 2.45) is 0 Å². The van der Waals surface area contributed by atoms with E-state index in [0.717, 1.165) is 64.2 Å². The van der Waals surface area contributed by atoms with Gasteiger partial charge in [-0.1, -0.05) is 205 Å². The largest absolute Gasteiger partial charge is 0.466 e. The van der Waals surface area contributed by atoms with Crippen molar-refractivity contribution >= 4 is 11.9 Å². The first-order valence-corrected chi connectivity index (χ1v) is 25.6. The Bertz CT molecular complexity index is 904. The van der Waals surface area contributed by atoms with Crippen LogP contribution in [-0.2, 0) is 14.3 Å². The van der Waals surface area contributed by atoms with Gasteiger partial charge in [-0.25, -0.2) is 0 Å². The highest BCUT2D eigenvalue weighted by atomic mass is 16.5. The first kappa shape index (κ1) is 56.3. The Morgan fingerprint density at radius 3 is 1.22 bits per heavy atom. The van der Waals surface area contributed by atoms with E-state index in [2.05, 4.69) is 43.5 Å². The second-order valence-electron chi connectivity index (χ2n) is 17.5. The highest BCUT2D eigenvalue weighted by molar-refractivity contribution is 5.76. The van der Waals surface area contributed by atoms with Crippen LogP contribution in [0.2, 0.25) is 0 Å². The van der Waals surface area contributed by atoms with Crippen molar-refractivity contribution in [2.75, 3.05) is 13.2 Å². The highest BCUT2D eigenvalue weighted by Crippen LogP contribution is 2.15. The molecule has 0 aliphatic heterocycles.